The summed E-state index contributed by atoms with van der Waals surface area (Å²) in [6.45, 7) is 5.16. The predicted octanol–water partition coefficient (Wildman–Crippen LogP) is 3.54. The van der Waals surface area contributed by atoms with Gasteiger partial charge in [0.15, 0.2) is 5.96 Å². The maximum atomic E-state index is 11.8. The number of guanidine groups is 1. The SMILES string of the molecule is CCOC(=O)C1CCC(NC(=NC)NCc2ccc(Br)cc2C)CC1. The number of esters is 1. The van der Waals surface area contributed by atoms with Gasteiger partial charge in [0, 0.05) is 24.1 Å². The van der Waals surface area contributed by atoms with E-state index in [1.54, 1.807) is 7.05 Å². The summed E-state index contributed by atoms with van der Waals surface area (Å²) >= 11 is 3.49. The van der Waals surface area contributed by atoms with Gasteiger partial charge in [-0.25, -0.2) is 0 Å². The molecule has 1 aliphatic rings. The van der Waals surface area contributed by atoms with Gasteiger partial charge in [-0.3, -0.25) is 9.79 Å². The van der Waals surface area contributed by atoms with E-state index in [9.17, 15) is 4.79 Å². The normalized spacial score (nSPS) is 20.9. The fourth-order valence-corrected chi connectivity index (χ4v) is 3.63. The Morgan fingerprint density at radius 3 is 2.64 bits per heavy atom. The van der Waals surface area contributed by atoms with Crippen LogP contribution in [-0.4, -0.2) is 31.6 Å². The maximum absolute atomic E-state index is 11.8. The molecule has 1 fully saturated rings. The Hall–Kier alpha value is -1.56. The number of aliphatic imine (C=N–C) groups is 1. The second kappa shape index (κ2) is 9.80. The van der Waals surface area contributed by atoms with Crippen LogP contribution in [0.15, 0.2) is 27.7 Å². The zero-order valence-electron chi connectivity index (χ0n) is 15.3. The second-order valence-corrected chi connectivity index (χ2v) is 7.36. The average molecular weight is 410 g/mol. The number of nitrogens with zero attached hydrogens (tertiary/aromatic N) is 1. The van der Waals surface area contributed by atoms with Crippen LogP contribution >= 0.6 is 15.9 Å². The number of hydrogen-bond donors (Lipinski definition) is 2. The number of hydrogen-bond acceptors (Lipinski definition) is 3. The molecule has 2 N–H and O–H groups in total. The van der Waals surface area contributed by atoms with Crippen LogP contribution in [0.5, 0.6) is 0 Å². The molecule has 0 heterocycles. The molecule has 138 valence electrons. The molecule has 0 spiro atoms. The van der Waals surface area contributed by atoms with Gasteiger partial charge in [0.2, 0.25) is 0 Å². The number of carbonyl (C=O) groups excluding carboxylic acids is 1. The average Bonchev–Trinajstić information content (AvgIpc) is 2.60. The van der Waals surface area contributed by atoms with E-state index in [4.69, 9.17) is 4.74 Å². The van der Waals surface area contributed by atoms with Crippen molar-refractivity contribution in [1.29, 1.82) is 0 Å². The van der Waals surface area contributed by atoms with Crippen molar-refractivity contribution in [2.75, 3.05) is 13.7 Å². The predicted molar refractivity (Wildman–Crippen MR) is 105 cm³/mol. The summed E-state index contributed by atoms with van der Waals surface area (Å²) < 4.78 is 6.22. The first-order valence-electron chi connectivity index (χ1n) is 8.92. The summed E-state index contributed by atoms with van der Waals surface area (Å²) in [5, 5.41) is 6.86. The number of benzene rings is 1. The molecule has 0 amide bonds. The summed E-state index contributed by atoms with van der Waals surface area (Å²) in [6, 6.07) is 6.63. The lowest BCUT2D eigenvalue weighted by molar-refractivity contribution is -0.149. The van der Waals surface area contributed by atoms with E-state index in [1.165, 1.54) is 11.1 Å². The Morgan fingerprint density at radius 1 is 1.32 bits per heavy atom. The number of ether oxygens (including phenoxy) is 1. The molecule has 0 aliphatic heterocycles. The lowest BCUT2D eigenvalue weighted by atomic mass is 9.86. The Bertz CT molecular complexity index is 611. The van der Waals surface area contributed by atoms with Gasteiger partial charge in [-0.1, -0.05) is 22.0 Å². The quantitative estimate of drug-likeness (QED) is 0.443. The van der Waals surface area contributed by atoms with Crippen LogP contribution in [0.4, 0.5) is 0 Å². The van der Waals surface area contributed by atoms with Crippen molar-refractivity contribution >= 4 is 27.9 Å². The minimum Gasteiger partial charge on any atom is -0.466 e. The fraction of sp³-hybridized carbons (Fsp3) is 0.579. The monoisotopic (exact) mass is 409 g/mol. The van der Waals surface area contributed by atoms with Crippen molar-refractivity contribution in [1.82, 2.24) is 10.6 Å². The van der Waals surface area contributed by atoms with Crippen LogP contribution in [0.25, 0.3) is 0 Å². The van der Waals surface area contributed by atoms with Crippen LogP contribution in [0, 0.1) is 12.8 Å². The molecule has 0 atom stereocenters. The van der Waals surface area contributed by atoms with Crippen molar-refractivity contribution in [3.8, 4) is 0 Å². The number of carbonyl (C=O) groups is 1. The molecule has 1 saturated carbocycles. The third kappa shape index (κ3) is 6.03. The summed E-state index contributed by atoms with van der Waals surface area (Å²) in [5.41, 5.74) is 2.49. The van der Waals surface area contributed by atoms with Gasteiger partial charge < -0.3 is 15.4 Å². The van der Waals surface area contributed by atoms with E-state index in [1.807, 2.05) is 6.92 Å². The van der Waals surface area contributed by atoms with Crippen LogP contribution in [0.1, 0.15) is 43.7 Å². The zero-order chi connectivity index (χ0) is 18.2. The van der Waals surface area contributed by atoms with Gasteiger partial charge in [-0.05, 0) is 62.8 Å². The topological polar surface area (TPSA) is 62.7 Å². The van der Waals surface area contributed by atoms with Gasteiger partial charge in [0.05, 0.1) is 12.5 Å². The maximum Gasteiger partial charge on any atom is 0.308 e. The van der Waals surface area contributed by atoms with Gasteiger partial charge in [0.25, 0.3) is 0 Å². The van der Waals surface area contributed by atoms with Gasteiger partial charge in [0.1, 0.15) is 0 Å². The van der Waals surface area contributed by atoms with E-state index < -0.39 is 0 Å². The largest absolute Gasteiger partial charge is 0.466 e. The number of aryl methyl sites for hydroxylation is 1. The molecule has 1 aromatic carbocycles. The molecule has 25 heavy (non-hydrogen) atoms. The lowest BCUT2D eigenvalue weighted by Crippen LogP contribution is -2.45. The first-order valence-corrected chi connectivity index (χ1v) is 9.71. The Morgan fingerprint density at radius 2 is 2.04 bits per heavy atom. The standard InChI is InChI=1S/C19H28BrN3O2/c1-4-25-18(24)14-6-9-17(10-7-14)23-19(21-3)22-12-15-5-8-16(20)11-13(15)2/h5,8,11,14,17H,4,6-7,9-10,12H2,1-3H3,(H2,21,22,23). The number of nitrogens with one attached hydrogen (secondary N) is 2. The Labute approximate surface area is 158 Å². The lowest BCUT2D eigenvalue weighted by Gasteiger charge is -2.29. The van der Waals surface area contributed by atoms with Crippen LogP contribution in [-0.2, 0) is 16.1 Å². The van der Waals surface area contributed by atoms with Gasteiger partial charge in [-0.2, -0.15) is 0 Å². The highest BCUT2D eigenvalue weighted by atomic mass is 79.9. The smallest absolute Gasteiger partial charge is 0.308 e. The highest BCUT2D eigenvalue weighted by Crippen LogP contribution is 2.25. The number of rotatable bonds is 5. The van der Waals surface area contributed by atoms with Crippen molar-refractivity contribution < 1.29 is 9.53 Å². The van der Waals surface area contributed by atoms with Crippen molar-refractivity contribution in [3.05, 3.63) is 33.8 Å². The molecule has 0 aromatic heterocycles. The number of halogens is 1. The molecule has 0 saturated heterocycles. The third-order valence-electron chi connectivity index (χ3n) is 4.66. The first-order chi connectivity index (χ1) is 12.0. The van der Waals surface area contributed by atoms with Crippen molar-refractivity contribution in [3.63, 3.8) is 0 Å². The van der Waals surface area contributed by atoms with Gasteiger partial charge in [-0.15, -0.1) is 0 Å². The van der Waals surface area contributed by atoms with Crippen molar-refractivity contribution in [2.24, 2.45) is 10.9 Å². The highest BCUT2D eigenvalue weighted by molar-refractivity contribution is 9.10. The van der Waals surface area contributed by atoms with E-state index in [-0.39, 0.29) is 11.9 Å². The summed E-state index contributed by atoms with van der Waals surface area (Å²) in [6.07, 6.45) is 3.67. The Kier molecular flexibility index (Phi) is 7.75. The Balaban J connectivity index is 1.80. The summed E-state index contributed by atoms with van der Waals surface area (Å²) in [4.78, 5) is 16.1. The van der Waals surface area contributed by atoms with Crippen LogP contribution in [0.2, 0.25) is 0 Å². The van der Waals surface area contributed by atoms with Crippen LogP contribution in [0.3, 0.4) is 0 Å². The van der Waals surface area contributed by atoms with E-state index in [0.29, 0.717) is 12.6 Å². The highest BCUT2D eigenvalue weighted by Gasteiger charge is 2.27. The molecule has 6 heteroatoms. The third-order valence-corrected chi connectivity index (χ3v) is 5.16. The van der Waals surface area contributed by atoms with E-state index in [0.717, 1.165) is 42.7 Å². The molecule has 0 bridgehead atoms. The minimum absolute atomic E-state index is 0.0471. The zero-order valence-corrected chi connectivity index (χ0v) is 16.9. The van der Waals surface area contributed by atoms with Gasteiger partial charge >= 0.3 is 5.97 Å². The molecule has 1 aromatic rings. The second-order valence-electron chi connectivity index (χ2n) is 6.44. The summed E-state index contributed by atoms with van der Waals surface area (Å²) in [5.74, 6) is 0.814. The molecule has 2 rings (SSSR count). The molecule has 1 aliphatic carbocycles. The molecule has 0 unspecified atom stereocenters. The van der Waals surface area contributed by atoms with E-state index >= 15 is 0 Å². The molecular weight excluding hydrogens is 382 g/mol. The fourth-order valence-electron chi connectivity index (χ4n) is 3.16. The minimum atomic E-state index is -0.0471. The molecule has 5 nitrogen and oxygen atoms in total. The first kappa shape index (κ1) is 19.8. The van der Waals surface area contributed by atoms with Crippen LogP contribution < -0.4 is 10.6 Å². The van der Waals surface area contributed by atoms with E-state index in [2.05, 4.69) is 56.7 Å². The van der Waals surface area contributed by atoms with Crippen molar-refractivity contribution in [2.45, 2.75) is 52.1 Å². The molecular formula is C19H28BrN3O2. The molecule has 0 radical (unpaired) electrons. The summed E-state index contributed by atoms with van der Waals surface area (Å²) in [7, 11) is 1.79.